The molecule has 0 aromatic heterocycles. The summed E-state index contributed by atoms with van der Waals surface area (Å²) in [4.78, 5) is 0. The van der Waals surface area contributed by atoms with Gasteiger partial charge in [-0.1, -0.05) is 25.0 Å². The van der Waals surface area contributed by atoms with Crippen molar-refractivity contribution in [2.24, 2.45) is 0 Å². The van der Waals surface area contributed by atoms with Crippen molar-refractivity contribution >= 4 is 0 Å². The number of unbranched alkanes of at least 4 members (excludes halogenated alkanes) is 3. The Bertz CT molecular complexity index is 320. The first-order valence-corrected chi connectivity index (χ1v) is 6.53. The van der Waals surface area contributed by atoms with Gasteiger partial charge in [-0.15, -0.1) is 0 Å². The third kappa shape index (κ3) is 6.57. The number of hydrogen-bond acceptors (Lipinski definition) is 3. The number of para-hydroxylation sites is 1. The van der Waals surface area contributed by atoms with Gasteiger partial charge in [-0.05, 0) is 31.5 Å². The standard InChI is InChI=1S/C14H22FNO2/c15-13-7-3-4-8-14(13)18-12-6-2-1-5-9-16-10-11-17/h3-4,7-8,16-17H,1-2,5-6,9-12H2. The first-order chi connectivity index (χ1) is 8.84. The maximum Gasteiger partial charge on any atom is 0.165 e. The van der Waals surface area contributed by atoms with Crippen LogP contribution in [0.25, 0.3) is 0 Å². The van der Waals surface area contributed by atoms with Gasteiger partial charge in [0.05, 0.1) is 13.2 Å². The Morgan fingerprint density at radius 1 is 1.06 bits per heavy atom. The van der Waals surface area contributed by atoms with Gasteiger partial charge >= 0.3 is 0 Å². The van der Waals surface area contributed by atoms with E-state index in [1.54, 1.807) is 18.2 Å². The number of halogens is 1. The summed E-state index contributed by atoms with van der Waals surface area (Å²) in [5, 5.41) is 11.7. The van der Waals surface area contributed by atoms with Crippen LogP contribution in [-0.4, -0.2) is 31.4 Å². The predicted molar refractivity (Wildman–Crippen MR) is 70.3 cm³/mol. The van der Waals surface area contributed by atoms with E-state index >= 15 is 0 Å². The average molecular weight is 255 g/mol. The quantitative estimate of drug-likeness (QED) is 0.631. The number of nitrogens with one attached hydrogen (secondary N) is 1. The highest BCUT2D eigenvalue weighted by Gasteiger charge is 2.00. The molecule has 0 aliphatic heterocycles. The van der Waals surface area contributed by atoms with Crippen molar-refractivity contribution in [3.8, 4) is 5.75 Å². The lowest BCUT2D eigenvalue weighted by atomic mass is 10.2. The van der Waals surface area contributed by atoms with Crippen LogP contribution < -0.4 is 10.1 Å². The van der Waals surface area contributed by atoms with E-state index in [1.165, 1.54) is 6.07 Å². The van der Waals surface area contributed by atoms with Crippen molar-refractivity contribution in [2.75, 3.05) is 26.3 Å². The lowest BCUT2D eigenvalue weighted by Gasteiger charge is -2.07. The fraction of sp³-hybridized carbons (Fsp3) is 0.571. The second-order valence-corrected chi connectivity index (χ2v) is 4.17. The minimum absolute atomic E-state index is 0.191. The normalized spacial score (nSPS) is 10.6. The van der Waals surface area contributed by atoms with E-state index in [2.05, 4.69) is 5.32 Å². The molecule has 2 N–H and O–H groups in total. The lowest BCUT2D eigenvalue weighted by molar-refractivity contribution is 0.287. The second-order valence-electron chi connectivity index (χ2n) is 4.17. The first-order valence-electron chi connectivity index (χ1n) is 6.53. The van der Waals surface area contributed by atoms with Crippen molar-refractivity contribution in [2.45, 2.75) is 25.7 Å². The second kappa shape index (κ2) is 9.85. The van der Waals surface area contributed by atoms with Gasteiger partial charge in [0.15, 0.2) is 11.6 Å². The monoisotopic (exact) mass is 255 g/mol. The summed E-state index contributed by atoms with van der Waals surface area (Å²) in [6.45, 7) is 2.35. The molecule has 0 aliphatic carbocycles. The molecule has 1 rings (SSSR count). The molecule has 1 aromatic carbocycles. The Labute approximate surface area is 108 Å². The Kier molecular flexibility index (Phi) is 8.17. The minimum atomic E-state index is -0.300. The van der Waals surface area contributed by atoms with Crippen molar-refractivity contribution in [3.63, 3.8) is 0 Å². The number of hydrogen-bond donors (Lipinski definition) is 2. The van der Waals surface area contributed by atoms with Gasteiger partial charge in [-0.25, -0.2) is 4.39 Å². The molecular formula is C14H22FNO2. The van der Waals surface area contributed by atoms with E-state index in [4.69, 9.17) is 9.84 Å². The number of ether oxygens (including phenoxy) is 1. The minimum Gasteiger partial charge on any atom is -0.491 e. The van der Waals surface area contributed by atoms with E-state index in [1.807, 2.05) is 0 Å². The van der Waals surface area contributed by atoms with Crippen LogP contribution in [0, 0.1) is 5.82 Å². The summed E-state index contributed by atoms with van der Waals surface area (Å²) in [6.07, 6.45) is 4.24. The molecule has 0 aliphatic rings. The smallest absolute Gasteiger partial charge is 0.165 e. The van der Waals surface area contributed by atoms with Crippen molar-refractivity contribution < 1.29 is 14.2 Å². The molecule has 3 nitrogen and oxygen atoms in total. The van der Waals surface area contributed by atoms with E-state index in [0.29, 0.717) is 18.9 Å². The van der Waals surface area contributed by atoms with Crippen molar-refractivity contribution in [3.05, 3.63) is 30.1 Å². The van der Waals surface area contributed by atoms with Gasteiger partial charge in [0, 0.05) is 6.54 Å². The largest absolute Gasteiger partial charge is 0.491 e. The third-order valence-corrected chi connectivity index (χ3v) is 2.63. The maximum atomic E-state index is 13.2. The van der Waals surface area contributed by atoms with Crippen LogP contribution in [0.15, 0.2) is 24.3 Å². The van der Waals surface area contributed by atoms with E-state index in [0.717, 1.165) is 32.2 Å². The Morgan fingerprint density at radius 3 is 2.61 bits per heavy atom. The number of aliphatic hydroxyl groups is 1. The highest BCUT2D eigenvalue weighted by Crippen LogP contribution is 2.15. The zero-order valence-electron chi connectivity index (χ0n) is 10.7. The first kappa shape index (κ1) is 14.9. The van der Waals surface area contributed by atoms with Crippen molar-refractivity contribution in [1.82, 2.24) is 5.32 Å². The van der Waals surface area contributed by atoms with E-state index < -0.39 is 0 Å². The molecule has 0 atom stereocenters. The van der Waals surface area contributed by atoms with Crippen LogP contribution in [0.1, 0.15) is 25.7 Å². The van der Waals surface area contributed by atoms with Gasteiger partial charge in [0.1, 0.15) is 0 Å². The van der Waals surface area contributed by atoms with Gasteiger partial charge < -0.3 is 15.2 Å². The molecule has 0 unspecified atom stereocenters. The highest BCUT2D eigenvalue weighted by atomic mass is 19.1. The SMILES string of the molecule is OCCNCCCCCCOc1ccccc1F. The summed E-state index contributed by atoms with van der Waals surface area (Å²) in [5.74, 6) is 0.0350. The lowest BCUT2D eigenvalue weighted by Crippen LogP contribution is -2.19. The Morgan fingerprint density at radius 2 is 1.83 bits per heavy atom. The molecule has 0 saturated carbocycles. The van der Waals surface area contributed by atoms with Crippen LogP contribution in [0.4, 0.5) is 4.39 Å². The molecule has 4 heteroatoms. The van der Waals surface area contributed by atoms with Gasteiger partial charge in [0.2, 0.25) is 0 Å². The van der Waals surface area contributed by atoms with Crippen LogP contribution >= 0.6 is 0 Å². The molecule has 0 fully saturated rings. The van der Waals surface area contributed by atoms with E-state index in [-0.39, 0.29) is 12.4 Å². The molecule has 0 amide bonds. The van der Waals surface area contributed by atoms with Gasteiger partial charge in [-0.3, -0.25) is 0 Å². The van der Waals surface area contributed by atoms with Crippen LogP contribution in [0.3, 0.4) is 0 Å². The van der Waals surface area contributed by atoms with E-state index in [9.17, 15) is 4.39 Å². The van der Waals surface area contributed by atoms with Crippen molar-refractivity contribution in [1.29, 1.82) is 0 Å². The number of aliphatic hydroxyl groups excluding tert-OH is 1. The number of benzene rings is 1. The van der Waals surface area contributed by atoms with Crippen LogP contribution in [0.5, 0.6) is 5.75 Å². The molecule has 0 saturated heterocycles. The average Bonchev–Trinajstić information content (AvgIpc) is 2.39. The fourth-order valence-electron chi connectivity index (χ4n) is 1.65. The Hall–Kier alpha value is -1.13. The van der Waals surface area contributed by atoms with Crippen LogP contribution in [0.2, 0.25) is 0 Å². The maximum absolute atomic E-state index is 13.2. The molecule has 18 heavy (non-hydrogen) atoms. The summed E-state index contributed by atoms with van der Waals surface area (Å²) in [5.41, 5.74) is 0. The molecule has 0 spiro atoms. The molecule has 102 valence electrons. The highest BCUT2D eigenvalue weighted by molar-refractivity contribution is 5.23. The summed E-state index contributed by atoms with van der Waals surface area (Å²) >= 11 is 0. The third-order valence-electron chi connectivity index (χ3n) is 2.63. The fourth-order valence-corrected chi connectivity index (χ4v) is 1.65. The zero-order chi connectivity index (χ0) is 13.1. The van der Waals surface area contributed by atoms with Crippen LogP contribution in [-0.2, 0) is 0 Å². The molecular weight excluding hydrogens is 233 g/mol. The summed E-state index contributed by atoms with van der Waals surface area (Å²) in [7, 11) is 0. The molecule has 0 heterocycles. The molecule has 1 aromatic rings. The summed E-state index contributed by atoms with van der Waals surface area (Å²) < 4.78 is 18.5. The topological polar surface area (TPSA) is 41.5 Å². The summed E-state index contributed by atoms with van der Waals surface area (Å²) in [6, 6.07) is 6.48. The zero-order valence-corrected chi connectivity index (χ0v) is 10.7. The predicted octanol–water partition coefficient (Wildman–Crippen LogP) is 2.35. The molecule has 0 bridgehead atoms. The van der Waals surface area contributed by atoms with Gasteiger partial charge in [0.25, 0.3) is 0 Å². The number of rotatable bonds is 10. The Balaban J connectivity index is 1.94. The molecule has 0 radical (unpaired) electrons. The van der Waals surface area contributed by atoms with Gasteiger partial charge in [-0.2, -0.15) is 0 Å².